The number of carbonyl (C=O) groups is 1. The third-order valence-corrected chi connectivity index (χ3v) is 1.99. The van der Waals surface area contributed by atoms with Gasteiger partial charge in [0.25, 0.3) is 0 Å². The van der Waals surface area contributed by atoms with Gasteiger partial charge in [0.15, 0.2) is 0 Å². The van der Waals surface area contributed by atoms with E-state index < -0.39 is 0 Å². The first-order valence-electron chi connectivity index (χ1n) is 5.43. The Hall–Kier alpha value is -1.58. The molecule has 0 saturated heterocycles. The number of aromatic nitrogens is 1. The van der Waals surface area contributed by atoms with Crippen LogP contribution in [0.15, 0.2) is 18.3 Å². The Morgan fingerprint density at radius 3 is 2.81 bits per heavy atom. The van der Waals surface area contributed by atoms with Crippen LogP contribution >= 0.6 is 0 Å². The summed E-state index contributed by atoms with van der Waals surface area (Å²) in [5, 5.41) is 0. The standard InChI is InChI=1S/C12H17NO3/c1-3-4-7-15-12-6-5-11(13-8-12)9-16-10(2)14/h5-6,8H,3-4,7,9H2,1-2H3. The summed E-state index contributed by atoms with van der Waals surface area (Å²) in [6.45, 7) is 4.41. The minimum absolute atomic E-state index is 0.213. The van der Waals surface area contributed by atoms with Gasteiger partial charge in [-0.15, -0.1) is 0 Å². The van der Waals surface area contributed by atoms with Crippen LogP contribution in [0.2, 0.25) is 0 Å². The molecule has 4 heteroatoms. The Morgan fingerprint density at radius 2 is 2.25 bits per heavy atom. The zero-order valence-electron chi connectivity index (χ0n) is 9.73. The zero-order valence-corrected chi connectivity index (χ0v) is 9.73. The highest BCUT2D eigenvalue weighted by Crippen LogP contribution is 2.10. The van der Waals surface area contributed by atoms with Crippen molar-refractivity contribution in [1.82, 2.24) is 4.98 Å². The Bertz CT molecular complexity index is 322. The van der Waals surface area contributed by atoms with E-state index in [1.165, 1.54) is 6.92 Å². The normalized spacial score (nSPS) is 9.88. The number of esters is 1. The Balaban J connectivity index is 2.38. The maximum absolute atomic E-state index is 10.6. The molecule has 0 bridgehead atoms. The lowest BCUT2D eigenvalue weighted by Gasteiger charge is -2.05. The third kappa shape index (κ3) is 4.77. The van der Waals surface area contributed by atoms with E-state index in [9.17, 15) is 4.79 Å². The summed E-state index contributed by atoms with van der Waals surface area (Å²) >= 11 is 0. The molecule has 4 nitrogen and oxygen atoms in total. The zero-order chi connectivity index (χ0) is 11.8. The molecule has 0 aliphatic rings. The van der Waals surface area contributed by atoms with Gasteiger partial charge in [-0.3, -0.25) is 9.78 Å². The summed E-state index contributed by atoms with van der Waals surface area (Å²) in [6, 6.07) is 3.63. The van der Waals surface area contributed by atoms with Gasteiger partial charge in [-0.1, -0.05) is 13.3 Å². The fourth-order valence-corrected chi connectivity index (χ4v) is 1.09. The van der Waals surface area contributed by atoms with Crippen LogP contribution in [0.5, 0.6) is 5.75 Å². The highest BCUT2D eigenvalue weighted by Gasteiger charge is 1.99. The second-order valence-corrected chi connectivity index (χ2v) is 3.47. The van der Waals surface area contributed by atoms with Gasteiger partial charge in [-0.2, -0.15) is 0 Å². The summed E-state index contributed by atoms with van der Waals surface area (Å²) in [4.78, 5) is 14.7. The molecule has 0 unspecified atom stereocenters. The topological polar surface area (TPSA) is 48.4 Å². The van der Waals surface area contributed by atoms with Gasteiger partial charge in [0.2, 0.25) is 0 Å². The molecule has 1 aromatic heterocycles. The molecule has 0 aliphatic heterocycles. The summed E-state index contributed by atoms with van der Waals surface area (Å²) in [5.41, 5.74) is 0.720. The maximum atomic E-state index is 10.6. The second kappa shape index (κ2) is 6.82. The first kappa shape index (κ1) is 12.5. The minimum Gasteiger partial charge on any atom is -0.492 e. The van der Waals surface area contributed by atoms with Crippen molar-refractivity contribution < 1.29 is 14.3 Å². The van der Waals surface area contributed by atoms with Crippen LogP contribution in [0.1, 0.15) is 32.4 Å². The van der Waals surface area contributed by atoms with Gasteiger partial charge in [0.1, 0.15) is 12.4 Å². The molecule has 1 heterocycles. The summed E-state index contributed by atoms with van der Waals surface area (Å²) in [5.74, 6) is 0.449. The quantitative estimate of drug-likeness (QED) is 0.548. The van der Waals surface area contributed by atoms with Gasteiger partial charge in [0, 0.05) is 6.92 Å². The number of ether oxygens (including phenoxy) is 2. The van der Waals surface area contributed by atoms with E-state index in [4.69, 9.17) is 9.47 Å². The van der Waals surface area contributed by atoms with Crippen LogP contribution < -0.4 is 4.74 Å². The number of carbonyl (C=O) groups excluding carboxylic acids is 1. The smallest absolute Gasteiger partial charge is 0.303 e. The van der Waals surface area contributed by atoms with Crippen molar-refractivity contribution in [3.8, 4) is 5.75 Å². The third-order valence-electron chi connectivity index (χ3n) is 1.99. The molecule has 0 fully saturated rings. The van der Waals surface area contributed by atoms with Gasteiger partial charge in [-0.05, 0) is 18.6 Å². The predicted octanol–water partition coefficient (Wildman–Crippen LogP) is 2.32. The molecule has 16 heavy (non-hydrogen) atoms. The Labute approximate surface area is 95.6 Å². The average Bonchev–Trinajstić information content (AvgIpc) is 2.28. The van der Waals surface area contributed by atoms with E-state index >= 15 is 0 Å². The van der Waals surface area contributed by atoms with Crippen molar-refractivity contribution in [2.75, 3.05) is 6.61 Å². The molecule has 1 aromatic rings. The number of unbranched alkanes of at least 4 members (excludes halogenated alkanes) is 1. The Kier molecular flexibility index (Phi) is 5.32. The van der Waals surface area contributed by atoms with Crippen molar-refractivity contribution in [3.63, 3.8) is 0 Å². The first-order chi connectivity index (χ1) is 7.72. The Morgan fingerprint density at radius 1 is 1.44 bits per heavy atom. The van der Waals surface area contributed by atoms with Crippen molar-refractivity contribution in [3.05, 3.63) is 24.0 Å². The summed E-state index contributed by atoms with van der Waals surface area (Å²) in [6.07, 6.45) is 3.79. The monoisotopic (exact) mass is 223 g/mol. The first-order valence-corrected chi connectivity index (χ1v) is 5.43. The lowest BCUT2D eigenvalue weighted by atomic mass is 10.3. The molecule has 0 amide bonds. The maximum Gasteiger partial charge on any atom is 0.303 e. The number of pyridine rings is 1. The van der Waals surface area contributed by atoms with Gasteiger partial charge < -0.3 is 9.47 Å². The molecule has 0 aliphatic carbocycles. The second-order valence-electron chi connectivity index (χ2n) is 3.47. The van der Waals surface area contributed by atoms with Gasteiger partial charge >= 0.3 is 5.97 Å². The fraction of sp³-hybridized carbons (Fsp3) is 0.500. The number of rotatable bonds is 6. The molecule has 0 radical (unpaired) electrons. The molecule has 0 atom stereocenters. The lowest BCUT2D eigenvalue weighted by molar-refractivity contribution is -0.142. The van der Waals surface area contributed by atoms with E-state index in [1.54, 1.807) is 12.3 Å². The van der Waals surface area contributed by atoms with E-state index in [2.05, 4.69) is 11.9 Å². The van der Waals surface area contributed by atoms with Crippen LogP contribution in [0.3, 0.4) is 0 Å². The van der Waals surface area contributed by atoms with Crippen LogP contribution in [0, 0.1) is 0 Å². The molecule has 0 saturated carbocycles. The number of hydrogen-bond acceptors (Lipinski definition) is 4. The molecular formula is C12H17NO3. The van der Waals surface area contributed by atoms with Crippen molar-refractivity contribution in [1.29, 1.82) is 0 Å². The van der Waals surface area contributed by atoms with E-state index in [0.717, 1.165) is 24.3 Å². The molecule has 1 rings (SSSR count). The van der Waals surface area contributed by atoms with Crippen LogP contribution in [-0.4, -0.2) is 17.6 Å². The van der Waals surface area contributed by atoms with E-state index in [1.807, 2.05) is 6.07 Å². The molecule has 0 spiro atoms. The summed E-state index contributed by atoms with van der Waals surface area (Å²) < 4.78 is 10.3. The van der Waals surface area contributed by atoms with Gasteiger partial charge in [-0.25, -0.2) is 0 Å². The van der Waals surface area contributed by atoms with Crippen molar-refractivity contribution >= 4 is 5.97 Å². The summed E-state index contributed by atoms with van der Waals surface area (Å²) in [7, 11) is 0. The molecular weight excluding hydrogens is 206 g/mol. The van der Waals surface area contributed by atoms with E-state index in [-0.39, 0.29) is 12.6 Å². The van der Waals surface area contributed by atoms with Crippen molar-refractivity contribution in [2.24, 2.45) is 0 Å². The van der Waals surface area contributed by atoms with Crippen LogP contribution in [0.4, 0.5) is 0 Å². The predicted molar refractivity (Wildman–Crippen MR) is 60.1 cm³/mol. The lowest BCUT2D eigenvalue weighted by Crippen LogP contribution is -2.01. The van der Waals surface area contributed by atoms with Crippen LogP contribution in [0.25, 0.3) is 0 Å². The molecule has 88 valence electrons. The largest absolute Gasteiger partial charge is 0.492 e. The number of nitrogens with zero attached hydrogens (tertiary/aromatic N) is 1. The molecule has 0 aromatic carbocycles. The minimum atomic E-state index is -0.301. The van der Waals surface area contributed by atoms with E-state index in [0.29, 0.717) is 6.61 Å². The van der Waals surface area contributed by atoms with Crippen molar-refractivity contribution in [2.45, 2.75) is 33.3 Å². The fourth-order valence-electron chi connectivity index (χ4n) is 1.09. The van der Waals surface area contributed by atoms with Gasteiger partial charge in [0.05, 0.1) is 18.5 Å². The molecule has 0 N–H and O–H groups in total. The number of hydrogen-bond donors (Lipinski definition) is 0. The SMILES string of the molecule is CCCCOc1ccc(COC(C)=O)nc1. The average molecular weight is 223 g/mol. The highest BCUT2D eigenvalue weighted by atomic mass is 16.5. The highest BCUT2D eigenvalue weighted by molar-refractivity contribution is 5.65. The van der Waals surface area contributed by atoms with Crippen LogP contribution in [-0.2, 0) is 16.1 Å².